The summed E-state index contributed by atoms with van der Waals surface area (Å²) in [5.41, 5.74) is 3.97. The predicted octanol–water partition coefficient (Wildman–Crippen LogP) is 9.08. The first-order valence-electron chi connectivity index (χ1n) is 14.3. The van der Waals surface area contributed by atoms with E-state index in [1.54, 1.807) is 12.1 Å². The molecule has 0 saturated heterocycles. The number of aromatic nitrogens is 2. The molecule has 0 unspecified atom stereocenters. The fourth-order valence-electron chi connectivity index (χ4n) is 5.23. The summed E-state index contributed by atoms with van der Waals surface area (Å²) in [5.74, 6) is -0.386. The highest BCUT2D eigenvalue weighted by Gasteiger charge is 2.30. The van der Waals surface area contributed by atoms with Gasteiger partial charge in [-0.15, -0.1) is 0 Å². The number of imidazole rings is 1. The van der Waals surface area contributed by atoms with Gasteiger partial charge in [0, 0.05) is 37.3 Å². The number of phenolic OH excluding ortho intramolecular Hbond substituents is 1. The van der Waals surface area contributed by atoms with Gasteiger partial charge in [0.1, 0.15) is 5.82 Å². The van der Waals surface area contributed by atoms with Crippen molar-refractivity contribution in [2.24, 2.45) is 0 Å². The van der Waals surface area contributed by atoms with Gasteiger partial charge in [0.25, 0.3) is 0 Å². The van der Waals surface area contributed by atoms with Crippen molar-refractivity contribution in [1.82, 2.24) is 14.5 Å². The van der Waals surface area contributed by atoms with Crippen molar-refractivity contribution in [2.45, 2.75) is 52.1 Å². The molecule has 8 heteroatoms. The van der Waals surface area contributed by atoms with E-state index in [9.17, 15) is 22.7 Å². The SMILES string of the molecule is CCCCn1c(-c2ccccc2)nc(-c2ccccc2)c1CN(Cc1cccc(C(F)(F)F)c1)Cc1ccc(O)c(F)c1. The van der Waals surface area contributed by atoms with Gasteiger partial charge in [-0.1, -0.05) is 98.3 Å². The van der Waals surface area contributed by atoms with Crippen LogP contribution in [0, 0.1) is 5.82 Å². The van der Waals surface area contributed by atoms with Crippen LogP contribution in [0.4, 0.5) is 17.6 Å². The Labute approximate surface area is 248 Å². The van der Waals surface area contributed by atoms with E-state index in [4.69, 9.17) is 4.98 Å². The Balaban J connectivity index is 1.62. The Morgan fingerprint density at radius 3 is 2.05 bits per heavy atom. The van der Waals surface area contributed by atoms with Crippen LogP contribution in [0.25, 0.3) is 22.6 Å². The number of halogens is 4. The van der Waals surface area contributed by atoms with Gasteiger partial charge in [-0.3, -0.25) is 4.90 Å². The second-order valence-corrected chi connectivity index (χ2v) is 10.6. The van der Waals surface area contributed by atoms with Gasteiger partial charge in [0.2, 0.25) is 0 Å². The van der Waals surface area contributed by atoms with E-state index in [2.05, 4.69) is 11.5 Å². The Morgan fingerprint density at radius 1 is 0.767 bits per heavy atom. The van der Waals surface area contributed by atoms with Crippen LogP contribution in [0.5, 0.6) is 5.75 Å². The molecular formula is C35H33F4N3O. The van der Waals surface area contributed by atoms with Gasteiger partial charge in [-0.05, 0) is 35.7 Å². The summed E-state index contributed by atoms with van der Waals surface area (Å²) < 4.78 is 57.2. The largest absolute Gasteiger partial charge is 0.505 e. The summed E-state index contributed by atoms with van der Waals surface area (Å²) in [6.45, 7) is 3.59. The number of nitrogens with zero attached hydrogens (tertiary/aromatic N) is 3. The molecule has 0 aliphatic carbocycles. The average molecular weight is 588 g/mol. The zero-order valence-corrected chi connectivity index (χ0v) is 23.9. The van der Waals surface area contributed by atoms with Crippen LogP contribution < -0.4 is 0 Å². The first-order chi connectivity index (χ1) is 20.7. The molecule has 1 aromatic heterocycles. The molecule has 1 heterocycles. The van der Waals surface area contributed by atoms with Gasteiger partial charge in [-0.25, -0.2) is 9.37 Å². The maximum Gasteiger partial charge on any atom is 0.416 e. The summed E-state index contributed by atoms with van der Waals surface area (Å²) in [7, 11) is 0. The minimum atomic E-state index is -4.47. The second-order valence-electron chi connectivity index (χ2n) is 10.6. The van der Waals surface area contributed by atoms with E-state index in [0.717, 1.165) is 53.3 Å². The van der Waals surface area contributed by atoms with Crippen LogP contribution in [-0.2, 0) is 32.4 Å². The lowest BCUT2D eigenvalue weighted by Gasteiger charge is -2.25. The number of unbranched alkanes of at least 4 members (excludes halogenated alkanes) is 1. The highest BCUT2D eigenvalue weighted by Crippen LogP contribution is 2.33. The molecule has 0 saturated carbocycles. The first kappa shape index (κ1) is 30.0. The second kappa shape index (κ2) is 13.3. The molecule has 0 atom stereocenters. The standard InChI is InChI=1S/C35H33F4N3O/c1-2-3-19-42-31(33(27-12-6-4-7-13-27)40-34(42)28-14-8-5-9-15-28)24-41(23-26-17-18-32(43)30(36)21-26)22-25-11-10-16-29(20-25)35(37,38)39/h4-18,20-21,43H,2-3,19,22-24H2,1H3. The van der Waals surface area contributed by atoms with Crippen LogP contribution in [-0.4, -0.2) is 19.6 Å². The summed E-state index contributed by atoms with van der Waals surface area (Å²) in [6, 6.07) is 29.2. The molecule has 0 amide bonds. The molecule has 0 fully saturated rings. The van der Waals surface area contributed by atoms with Crippen molar-refractivity contribution in [3.63, 3.8) is 0 Å². The monoisotopic (exact) mass is 587 g/mol. The topological polar surface area (TPSA) is 41.3 Å². The number of hydrogen-bond acceptors (Lipinski definition) is 3. The molecule has 4 nitrogen and oxygen atoms in total. The van der Waals surface area contributed by atoms with E-state index in [-0.39, 0.29) is 13.1 Å². The zero-order chi connectivity index (χ0) is 30.4. The van der Waals surface area contributed by atoms with E-state index in [1.165, 1.54) is 18.2 Å². The van der Waals surface area contributed by atoms with Crippen molar-refractivity contribution < 1.29 is 22.7 Å². The Morgan fingerprint density at radius 2 is 1.42 bits per heavy atom. The van der Waals surface area contributed by atoms with Crippen LogP contribution >= 0.6 is 0 Å². The van der Waals surface area contributed by atoms with Crippen molar-refractivity contribution in [3.05, 3.63) is 131 Å². The molecule has 5 aromatic rings. The zero-order valence-electron chi connectivity index (χ0n) is 23.9. The molecule has 0 aliphatic heterocycles. The smallest absolute Gasteiger partial charge is 0.416 e. The third-order valence-corrected chi connectivity index (χ3v) is 7.34. The first-order valence-corrected chi connectivity index (χ1v) is 14.3. The lowest BCUT2D eigenvalue weighted by molar-refractivity contribution is -0.137. The number of hydrogen-bond donors (Lipinski definition) is 1. The number of phenols is 1. The molecule has 222 valence electrons. The normalized spacial score (nSPS) is 11.8. The minimum Gasteiger partial charge on any atom is -0.505 e. The quantitative estimate of drug-likeness (QED) is 0.157. The average Bonchev–Trinajstić information content (AvgIpc) is 3.36. The van der Waals surface area contributed by atoms with Crippen molar-refractivity contribution in [1.29, 1.82) is 0 Å². The van der Waals surface area contributed by atoms with Gasteiger partial charge in [0.15, 0.2) is 11.6 Å². The van der Waals surface area contributed by atoms with Gasteiger partial charge < -0.3 is 9.67 Å². The van der Waals surface area contributed by atoms with E-state index >= 15 is 0 Å². The van der Waals surface area contributed by atoms with Crippen LogP contribution in [0.15, 0.2) is 103 Å². The minimum absolute atomic E-state index is 0.181. The summed E-state index contributed by atoms with van der Waals surface area (Å²) in [6.07, 6.45) is -2.59. The molecular weight excluding hydrogens is 554 g/mol. The maximum absolute atomic E-state index is 14.3. The van der Waals surface area contributed by atoms with Gasteiger partial charge in [-0.2, -0.15) is 13.2 Å². The molecule has 0 spiro atoms. The molecule has 5 rings (SSSR count). The molecule has 1 N–H and O–H groups in total. The number of alkyl halides is 3. The molecule has 0 bridgehead atoms. The van der Waals surface area contributed by atoms with Gasteiger partial charge >= 0.3 is 6.18 Å². The summed E-state index contributed by atoms with van der Waals surface area (Å²) in [4.78, 5) is 7.13. The number of benzene rings is 4. The highest BCUT2D eigenvalue weighted by molar-refractivity contribution is 5.68. The Kier molecular flexibility index (Phi) is 9.26. The number of aromatic hydroxyl groups is 1. The highest BCUT2D eigenvalue weighted by atomic mass is 19.4. The van der Waals surface area contributed by atoms with Crippen LogP contribution in [0.1, 0.15) is 42.1 Å². The lowest BCUT2D eigenvalue weighted by atomic mass is 10.1. The third kappa shape index (κ3) is 7.32. The van der Waals surface area contributed by atoms with E-state index in [1.807, 2.05) is 65.6 Å². The molecule has 4 aromatic carbocycles. The van der Waals surface area contributed by atoms with Crippen molar-refractivity contribution in [3.8, 4) is 28.4 Å². The fraction of sp³-hybridized carbons (Fsp3) is 0.229. The molecule has 43 heavy (non-hydrogen) atoms. The van der Waals surface area contributed by atoms with Crippen molar-refractivity contribution >= 4 is 0 Å². The lowest BCUT2D eigenvalue weighted by Crippen LogP contribution is -2.25. The van der Waals surface area contributed by atoms with E-state index < -0.39 is 23.3 Å². The Bertz CT molecular complexity index is 1650. The van der Waals surface area contributed by atoms with Crippen LogP contribution in [0.3, 0.4) is 0 Å². The third-order valence-electron chi connectivity index (χ3n) is 7.34. The summed E-state index contributed by atoms with van der Waals surface area (Å²) in [5, 5.41) is 9.74. The predicted molar refractivity (Wildman–Crippen MR) is 160 cm³/mol. The molecule has 0 aliphatic rings. The number of rotatable bonds is 11. The molecule has 0 radical (unpaired) electrons. The fourth-order valence-corrected chi connectivity index (χ4v) is 5.23. The Hall–Kier alpha value is -4.43. The van der Waals surface area contributed by atoms with Crippen molar-refractivity contribution in [2.75, 3.05) is 0 Å². The van der Waals surface area contributed by atoms with E-state index in [0.29, 0.717) is 24.2 Å². The summed E-state index contributed by atoms with van der Waals surface area (Å²) >= 11 is 0. The van der Waals surface area contributed by atoms with Gasteiger partial charge in [0.05, 0.1) is 17.0 Å². The maximum atomic E-state index is 14.3. The van der Waals surface area contributed by atoms with Crippen LogP contribution in [0.2, 0.25) is 0 Å².